The molecule has 0 aliphatic heterocycles. The third-order valence-corrected chi connectivity index (χ3v) is 2.72. The van der Waals surface area contributed by atoms with Gasteiger partial charge in [-0.3, -0.25) is 10.1 Å². The minimum Gasteiger partial charge on any atom is -0.424 e. The van der Waals surface area contributed by atoms with Gasteiger partial charge < -0.3 is 9.64 Å². The third-order valence-electron chi connectivity index (χ3n) is 2.55. The second-order valence-electron chi connectivity index (χ2n) is 4.39. The quantitative estimate of drug-likeness (QED) is 0.632. The first-order valence-electron chi connectivity index (χ1n) is 5.88. The zero-order chi connectivity index (χ0) is 15.6. The van der Waals surface area contributed by atoms with Gasteiger partial charge in [-0.1, -0.05) is 0 Å². The molecule has 9 heteroatoms. The topological polar surface area (TPSA) is 94.3 Å². The van der Waals surface area contributed by atoms with Crippen LogP contribution in [0.15, 0.2) is 18.2 Å². The summed E-state index contributed by atoms with van der Waals surface area (Å²) in [6, 6.07) is 4.26. The van der Waals surface area contributed by atoms with E-state index in [1.165, 1.54) is 18.2 Å². The van der Waals surface area contributed by atoms with Gasteiger partial charge in [-0.25, -0.2) is 0 Å². The summed E-state index contributed by atoms with van der Waals surface area (Å²) in [6.45, 7) is 1.69. The molecule has 0 atom stereocenters. The van der Waals surface area contributed by atoms with Crippen LogP contribution in [-0.4, -0.2) is 34.0 Å². The van der Waals surface area contributed by atoms with Crippen LogP contribution in [-0.2, 0) is 0 Å². The predicted molar refractivity (Wildman–Crippen MR) is 77.1 cm³/mol. The van der Waals surface area contributed by atoms with Gasteiger partial charge >= 0.3 is 6.01 Å². The maximum atomic E-state index is 10.7. The summed E-state index contributed by atoms with van der Waals surface area (Å²) in [4.78, 5) is 23.8. The van der Waals surface area contributed by atoms with Crippen LogP contribution in [0.1, 0.15) is 5.56 Å². The van der Waals surface area contributed by atoms with Crippen molar-refractivity contribution in [2.75, 3.05) is 19.0 Å². The Labute approximate surface area is 125 Å². The molecule has 0 aliphatic rings. The summed E-state index contributed by atoms with van der Waals surface area (Å²) in [7, 11) is 3.51. The van der Waals surface area contributed by atoms with Crippen molar-refractivity contribution in [1.82, 2.24) is 15.0 Å². The lowest BCUT2D eigenvalue weighted by Crippen LogP contribution is -2.13. The maximum absolute atomic E-state index is 10.7. The zero-order valence-corrected chi connectivity index (χ0v) is 12.3. The monoisotopic (exact) mass is 309 g/mol. The number of aryl methyl sites for hydroxylation is 1. The molecule has 0 saturated carbocycles. The van der Waals surface area contributed by atoms with Crippen molar-refractivity contribution in [2.45, 2.75) is 6.92 Å². The summed E-state index contributed by atoms with van der Waals surface area (Å²) in [5, 5.41) is 10.7. The highest BCUT2D eigenvalue weighted by molar-refractivity contribution is 6.28. The number of hydrogen-bond acceptors (Lipinski definition) is 7. The lowest BCUT2D eigenvalue weighted by atomic mass is 10.2. The average molecular weight is 310 g/mol. The minimum absolute atomic E-state index is 0.00302. The van der Waals surface area contributed by atoms with Gasteiger partial charge in [-0.05, 0) is 30.2 Å². The largest absolute Gasteiger partial charge is 0.424 e. The van der Waals surface area contributed by atoms with Crippen LogP contribution in [0, 0.1) is 17.0 Å². The number of nitro groups is 1. The Morgan fingerprint density at radius 2 is 2.00 bits per heavy atom. The average Bonchev–Trinajstić information content (AvgIpc) is 2.40. The van der Waals surface area contributed by atoms with Crippen molar-refractivity contribution in [3.05, 3.63) is 39.2 Å². The Morgan fingerprint density at radius 3 is 2.57 bits per heavy atom. The molecule has 0 bridgehead atoms. The smallest absolute Gasteiger partial charge is 0.328 e. The Morgan fingerprint density at radius 1 is 1.29 bits per heavy atom. The fourth-order valence-corrected chi connectivity index (χ4v) is 1.68. The number of non-ortho nitro benzene ring substituents is 1. The first-order chi connectivity index (χ1) is 9.86. The molecule has 8 nitrogen and oxygen atoms in total. The summed E-state index contributed by atoms with van der Waals surface area (Å²) in [6.07, 6.45) is 0. The molecule has 0 unspecified atom stereocenters. The van der Waals surface area contributed by atoms with Gasteiger partial charge in [0.2, 0.25) is 11.2 Å². The first-order valence-corrected chi connectivity index (χ1v) is 6.26. The van der Waals surface area contributed by atoms with Crippen molar-refractivity contribution in [3.63, 3.8) is 0 Å². The van der Waals surface area contributed by atoms with E-state index in [0.29, 0.717) is 17.3 Å². The summed E-state index contributed by atoms with van der Waals surface area (Å²) in [5.41, 5.74) is 0.578. The second-order valence-corrected chi connectivity index (χ2v) is 4.73. The van der Waals surface area contributed by atoms with Crippen LogP contribution in [0.4, 0.5) is 11.6 Å². The lowest BCUT2D eigenvalue weighted by Gasteiger charge is -2.12. The zero-order valence-electron chi connectivity index (χ0n) is 11.6. The van der Waals surface area contributed by atoms with Gasteiger partial charge in [-0.15, -0.1) is 0 Å². The van der Waals surface area contributed by atoms with Gasteiger partial charge in [0.1, 0.15) is 5.75 Å². The molecule has 0 saturated heterocycles. The number of anilines is 1. The van der Waals surface area contributed by atoms with Gasteiger partial charge in [0.15, 0.2) is 0 Å². The van der Waals surface area contributed by atoms with Gasteiger partial charge in [-0.2, -0.15) is 15.0 Å². The van der Waals surface area contributed by atoms with Gasteiger partial charge in [0.05, 0.1) is 4.92 Å². The molecule has 2 aromatic rings. The fraction of sp³-hybridized carbons (Fsp3) is 0.250. The van der Waals surface area contributed by atoms with Crippen LogP contribution in [0.2, 0.25) is 5.28 Å². The summed E-state index contributed by atoms with van der Waals surface area (Å²) >= 11 is 5.81. The highest BCUT2D eigenvalue weighted by Crippen LogP contribution is 2.27. The molecule has 1 heterocycles. The molecular weight excluding hydrogens is 298 g/mol. The Hall–Kier alpha value is -2.48. The van der Waals surface area contributed by atoms with E-state index in [4.69, 9.17) is 16.3 Å². The van der Waals surface area contributed by atoms with Crippen molar-refractivity contribution >= 4 is 23.2 Å². The van der Waals surface area contributed by atoms with Crippen LogP contribution in [0.5, 0.6) is 11.8 Å². The molecule has 0 N–H and O–H groups in total. The normalized spacial score (nSPS) is 10.3. The van der Waals surface area contributed by atoms with Crippen molar-refractivity contribution in [2.24, 2.45) is 0 Å². The number of aromatic nitrogens is 3. The van der Waals surface area contributed by atoms with E-state index >= 15 is 0 Å². The molecule has 0 spiro atoms. The highest BCUT2D eigenvalue weighted by atomic mass is 35.5. The minimum atomic E-state index is -0.471. The van der Waals surface area contributed by atoms with E-state index in [0.717, 1.165) is 0 Å². The lowest BCUT2D eigenvalue weighted by molar-refractivity contribution is -0.384. The van der Waals surface area contributed by atoms with E-state index in [9.17, 15) is 10.1 Å². The molecular formula is C12H12ClN5O3. The van der Waals surface area contributed by atoms with Crippen LogP contribution < -0.4 is 9.64 Å². The number of hydrogen-bond donors (Lipinski definition) is 0. The van der Waals surface area contributed by atoms with Gasteiger partial charge in [0, 0.05) is 26.2 Å². The first kappa shape index (κ1) is 14.9. The van der Waals surface area contributed by atoms with Crippen molar-refractivity contribution in [3.8, 4) is 11.8 Å². The van der Waals surface area contributed by atoms with Crippen molar-refractivity contribution < 1.29 is 9.66 Å². The predicted octanol–water partition coefficient (Wildman–Crippen LogP) is 2.60. The molecule has 0 aliphatic carbocycles. The number of nitro benzene ring substituents is 1. The third kappa shape index (κ3) is 3.54. The highest BCUT2D eigenvalue weighted by Gasteiger charge is 2.13. The number of benzene rings is 1. The number of ether oxygens (including phenoxy) is 1. The van der Waals surface area contributed by atoms with Crippen LogP contribution >= 0.6 is 11.6 Å². The molecule has 110 valence electrons. The summed E-state index contributed by atoms with van der Waals surface area (Å²) in [5.74, 6) is 0.761. The number of rotatable bonds is 4. The van der Waals surface area contributed by atoms with E-state index in [-0.39, 0.29) is 17.0 Å². The van der Waals surface area contributed by atoms with Crippen LogP contribution in [0.3, 0.4) is 0 Å². The molecule has 0 fully saturated rings. The fourth-order valence-electron chi connectivity index (χ4n) is 1.53. The Balaban J connectivity index is 2.32. The molecule has 0 amide bonds. The summed E-state index contributed by atoms with van der Waals surface area (Å²) < 4.78 is 5.52. The van der Waals surface area contributed by atoms with Crippen molar-refractivity contribution in [1.29, 1.82) is 0 Å². The number of halogens is 1. The van der Waals surface area contributed by atoms with E-state index in [1.54, 1.807) is 25.9 Å². The second kappa shape index (κ2) is 5.88. The SMILES string of the molecule is Cc1cc([N+](=O)[O-])ccc1Oc1nc(Cl)nc(N(C)C)n1. The molecule has 1 aromatic carbocycles. The Bertz CT molecular complexity index is 693. The van der Waals surface area contributed by atoms with E-state index in [2.05, 4.69) is 15.0 Å². The van der Waals surface area contributed by atoms with E-state index in [1.807, 2.05) is 0 Å². The molecule has 1 aromatic heterocycles. The Kier molecular flexibility index (Phi) is 4.18. The van der Waals surface area contributed by atoms with E-state index < -0.39 is 4.92 Å². The molecule has 0 radical (unpaired) electrons. The molecule has 21 heavy (non-hydrogen) atoms. The molecule has 2 rings (SSSR count). The van der Waals surface area contributed by atoms with Gasteiger partial charge in [0.25, 0.3) is 5.69 Å². The standard InChI is InChI=1S/C12H12ClN5O3/c1-7-6-8(18(19)20)4-5-9(7)21-12-15-10(13)14-11(16-12)17(2)3/h4-6H,1-3H3. The maximum Gasteiger partial charge on any atom is 0.328 e. The van der Waals surface area contributed by atoms with Crippen LogP contribution in [0.25, 0.3) is 0 Å². The number of nitrogens with zero attached hydrogens (tertiary/aromatic N) is 5.